The molecule has 2 amide bonds. The number of hydrogen-bond donors (Lipinski definition) is 1. The van der Waals surface area contributed by atoms with Crippen LogP contribution in [0.4, 0.5) is 0 Å². The summed E-state index contributed by atoms with van der Waals surface area (Å²) in [6.45, 7) is 2.49. The van der Waals surface area contributed by atoms with E-state index in [1.165, 1.54) is 4.88 Å². The Hall–Kier alpha value is -1.36. The van der Waals surface area contributed by atoms with Crippen LogP contribution in [0.1, 0.15) is 30.6 Å². The minimum Gasteiger partial charge on any atom is -0.368 e. The molecule has 0 aliphatic carbocycles. The van der Waals surface area contributed by atoms with Gasteiger partial charge in [-0.1, -0.05) is 13.0 Å². The van der Waals surface area contributed by atoms with Crippen molar-refractivity contribution in [2.75, 3.05) is 6.54 Å². The van der Waals surface area contributed by atoms with E-state index in [0.717, 1.165) is 0 Å². The van der Waals surface area contributed by atoms with E-state index in [-0.39, 0.29) is 11.8 Å². The molecule has 1 aromatic heterocycles. The lowest BCUT2D eigenvalue weighted by Crippen LogP contribution is -2.45. The quantitative estimate of drug-likeness (QED) is 0.878. The summed E-state index contributed by atoms with van der Waals surface area (Å²) in [5.41, 5.74) is 5.32. The van der Waals surface area contributed by atoms with Crippen LogP contribution < -0.4 is 5.73 Å². The summed E-state index contributed by atoms with van der Waals surface area (Å²) in [4.78, 5) is 26.0. The molecule has 1 saturated heterocycles. The zero-order valence-corrected chi connectivity index (χ0v) is 10.6. The lowest BCUT2D eigenvalue weighted by Gasteiger charge is -2.24. The molecular weight excluding hydrogens is 236 g/mol. The Morgan fingerprint density at radius 1 is 1.71 bits per heavy atom. The SMILES string of the molecule is CC[C@H](C(N)=O)N1CC(c2cccs2)CC1=O. The summed E-state index contributed by atoms with van der Waals surface area (Å²) < 4.78 is 0. The number of nitrogens with two attached hydrogens (primary N) is 1. The van der Waals surface area contributed by atoms with Crippen LogP contribution in [0.5, 0.6) is 0 Å². The summed E-state index contributed by atoms with van der Waals surface area (Å²) in [6.07, 6.45) is 1.07. The molecule has 0 aromatic carbocycles. The van der Waals surface area contributed by atoms with Gasteiger partial charge in [-0.15, -0.1) is 11.3 Å². The highest BCUT2D eigenvalue weighted by Crippen LogP contribution is 2.32. The normalized spacial score (nSPS) is 21.8. The van der Waals surface area contributed by atoms with Crippen molar-refractivity contribution in [2.45, 2.75) is 31.7 Å². The van der Waals surface area contributed by atoms with Crippen molar-refractivity contribution < 1.29 is 9.59 Å². The van der Waals surface area contributed by atoms with Crippen molar-refractivity contribution >= 4 is 23.2 Å². The van der Waals surface area contributed by atoms with Gasteiger partial charge in [0.1, 0.15) is 6.04 Å². The summed E-state index contributed by atoms with van der Waals surface area (Å²) in [6, 6.07) is 3.57. The Morgan fingerprint density at radius 3 is 3.00 bits per heavy atom. The average Bonchev–Trinajstić information content (AvgIpc) is 2.89. The second-order valence-corrected chi connectivity index (χ2v) is 5.27. The maximum Gasteiger partial charge on any atom is 0.240 e. The first kappa shape index (κ1) is 12.1. The molecular formula is C12H16N2O2S. The molecule has 1 fully saturated rings. The summed E-state index contributed by atoms with van der Waals surface area (Å²) in [5, 5.41) is 2.01. The van der Waals surface area contributed by atoms with Gasteiger partial charge in [0.15, 0.2) is 0 Å². The van der Waals surface area contributed by atoms with Crippen LogP contribution in [-0.4, -0.2) is 29.3 Å². The molecule has 1 unspecified atom stereocenters. The van der Waals surface area contributed by atoms with Crippen LogP contribution in [0.3, 0.4) is 0 Å². The summed E-state index contributed by atoms with van der Waals surface area (Å²) in [7, 11) is 0. The molecule has 2 atom stereocenters. The van der Waals surface area contributed by atoms with Gasteiger partial charge in [-0.25, -0.2) is 0 Å². The Kier molecular flexibility index (Phi) is 3.47. The van der Waals surface area contributed by atoms with Gasteiger partial charge in [0.05, 0.1) is 0 Å². The van der Waals surface area contributed by atoms with Crippen LogP contribution in [0.15, 0.2) is 17.5 Å². The number of primary amides is 1. The van der Waals surface area contributed by atoms with Crippen molar-refractivity contribution in [2.24, 2.45) is 5.73 Å². The van der Waals surface area contributed by atoms with E-state index in [1.807, 2.05) is 24.4 Å². The third-order valence-corrected chi connectivity index (χ3v) is 4.23. The van der Waals surface area contributed by atoms with Gasteiger partial charge in [-0.05, 0) is 17.9 Å². The van der Waals surface area contributed by atoms with Crippen molar-refractivity contribution in [3.05, 3.63) is 22.4 Å². The standard InChI is InChI=1S/C12H16N2O2S/c1-2-9(12(13)16)14-7-8(6-11(14)15)10-4-3-5-17-10/h3-5,8-9H,2,6-7H2,1H3,(H2,13,16)/t8?,9-/m1/s1. The number of carbonyl (C=O) groups is 2. The zero-order chi connectivity index (χ0) is 12.4. The van der Waals surface area contributed by atoms with Gasteiger partial charge in [0.25, 0.3) is 0 Å². The van der Waals surface area contributed by atoms with E-state index in [1.54, 1.807) is 16.2 Å². The van der Waals surface area contributed by atoms with Crippen molar-refractivity contribution in [3.63, 3.8) is 0 Å². The number of hydrogen-bond acceptors (Lipinski definition) is 3. The first-order chi connectivity index (χ1) is 8.13. The third-order valence-electron chi connectivity index (χ3n) is 3.20. The Balaban J connectivity index is 2.12. The molecule has 1 aromatic rings. The van der Waals surface area contributed by atoms with Crippen LogP contribution in [-0.2, 0) is 9.59 Å². The predicted molar refractivity (Wildman–Crippen MR) is 66.7 cm³/mol. The highest BCUT2D eigenvalue weighted by Gasteiger charge is 2.36. The number of thiophene rings is 1. The third kappa shape index (κ3) is 2.34. The van der Waals surface area contributed by atoms with Gasteiger partial charge >= 0.3 is 0 Å². The van der Waals surface area contributed by atoms with Crippen molar-refractivity contribution in [1.29, 1.82) is 0 Å². The van der Waals surface area contributed by atoms with E-state index in [4.69, 9.17) is 5.73 Å². The number of nitrogens with zero attached hydrogens (tertiary/aromatic N) is 1. The second kappa shape index (κ2) is 4.87. The monoisotopic (exact) mass is 252 g/mol. The minimum absolute atomic E-state index is 0.0362. The van der Waals surface area contributed by atoms with Gasteiger partial charge in [-0.2, -0.15) is 0 Å². The lowest BCUT2D eigenvalue weighted by atomic mass is 10.1. The molecule has 5 heteroatoms. The zero-order valence-electron chi connectivity index (χ0n) is 9.76. The largest absolute Gasteiger partial charge is 0.368 e. The number of likely N-dealkylation sites (tertiary alicyclic amines) is 1. The lowest BCUT2D eigenvalue weighted by molar-refractivity contribution is -0.136. The smallest absolute Gasteiger partial charge is 0.240 e. The van der Waals surface area contributed by atoms with Crippen LogP contribution in [0, 0.1) is 0 Å². The molecule has 0 radical (unpaired) electrons. The average molecular weight is 252 g/mol. The summed E-state index contributed by atoms with van der Waals surface area (Å²) >= 11 is 1.66. The van der Waals surface area contributed by atoms with Crippen molar-refractivity contribution in [3.8, 4) is 0 Å². The van der Waals surface area contributed by atoms with Crippen LogP contribution >= 0.6 is 11.3 Å². The van der Waals surface area contributed by atoms with Crippen LogP contribution in [0.2, 0.25) is 0 Å². The van der Waals surface area contributed by atoms with E-state index in [9.17, 15) is 9.59 Å². The molecule has 2 heterocycles. The highest BCUT2D eigenvalue weighted by atomic mass is 32.1. The molecule has 2 N–H and O–H groups in total. The van der Waals surface area contributed by atoms with Gasteiger partial charge in [0, 0.05) is 23.8 Å². The topological polar surface area (TPSA) is 63.4 Å². The molecule has 2 rings (SSSR count). The second-order valence-electron chi connectivity index (χ2n) is 4.29. The molecule has 0 bridgehead atoms. The first-order valence-corrected chi connectivity index (χ1v) is 6.63. The molecule has 4 nitrogen and oxygen atoms in total. The predicted octanol–water partition coefficient (Wildman–Crippen LogP) is 1.33. The molecule has 0 saturated carbocycles. The fourth-order valence-electron chi connectivity index (χ4n) is 2.32. The molecule has 1 aliphatic rings. The van der Waals surface area contributed by atoms with E-state index in [0.29, 0.717) is 19.4 Å². The van der Waals surface area contributed by atoms with Gasteiger partial charge in [-0.3, -0.25) is 9.59 Å². The molecule has 1 aliphatic heterocycles. The fraction of sp³-hybridized carbons (Fsp3) is 0.500. The molecule has 0 spiro atoms. The first-order valence-electron chi connectivity index (χ1n) is 5.75. The highest BCUT2D eigenvalue weighted by molar-refractivity contribution is 7.10. The Morgan fingerprint density at radius 2 is 2.47 bits per heavy atom. The van der Waals surface area contributed by atoms with Gasteiger partial charge in [0.2, 0.25) is 11.8 Å². The van der Waals surface area contributed by atoms with E-state index < -0.39 is 11.9 Å². The summed E-state index contributed by atoms with van der Waals surface area (Å²) in [5.74, 6) is -0.155. The van der Waals surface area contributed by atoms with E-state index >= 15 is 0 Å². The van der Waals surface area contributed by atoms with E-state index in [2.05, 4.69) is 0 Å². The number of amides is 2. The minimum atomic E-state index is -0.451. The number of rotatable bonds is 4. The fourth-order valence-corrected chi connectivity index (χ4v) is 3.14. The van der Waals surface area contributed by atoms with Crippen LogP contribution in [0.25, 0.3) is 0 Å². The molecule has 17 heavy (non-hydrogen) atoms. The van der Waals surface area contributed by atoms with Crippen molar-refractivity contribution in [1.82, 2.24) is 4.90 Å². The Bertz CT molecular complexity index is 416. The maximum atomic E-state index is 11.9. The number of carbonyl (C=O) groups excluding carboxylic acids is 2. The Labute approximate surface area is 104 Å². The van der Waals surface area contributed by atoms with Gasteiger partial charge < -0.3 is 10.6 Å². The molecule has 92 valence electrons. The maximum absolute atomic E-state index is 11.9.